The SMILES string of the molecule is CCC(N)(CC)CC.O=C(O)c1ccccc1C(=O)O. The largest absolute Gasteiger partial charge is 0.478 e. The zero-order chi connectivity index (χ0) is 15.8. The number of nitrogens with two attached hydrogens (primary N) is 1. The van der Waals surface area contributed by atoms with Crippen molar-refractivity contribution in [2.45, 2.75) is 45.6 Å². The highest BCUT2D eigenvalue weighted by molar-refractivity contribution is 6.01. The second-order valence-corrected chi connectivity index (χ2v) is 4.58. The second-order valence-electron chi connectivity index (χ2n) is 4.58. The third-order valence-electron chi connectivity index (χ3n) is 3.50. The number of carbonyl (C=O) groups is 2. The van der Waals surface area contributed by atoms with E-state index in [9.17, 15) is 9.59 Å². The van der Waals surface area contributed by atoms with Crippen molar-refractivity contribution in [1.29, 1.82) is 0 Å². The Labute approximate surface area is 119 Å². The summed E-state index contributed by atoms with van der Waals surface area (Å²) in [6, 6.07) is 5.48. The van der Waals surface area contributed by atoms with Gasteiger partial charge in [0.1, 0.15) is 0 Å². The van der Waals surface area contributed by atoms with Crippen LogP contribution >= 0.6 is 0 Å². The van der Waals surface area contributed by atoms with E-state index in [4.69, 9.17) is 15.9 Å². The molecule has 0 saturated carbocycles. The lowest BCUT2D eigenvalue weighted by atomic mass is 9.92. The molecule has 1 aromatic carbocycles. The van der Waals surface area contributed by atoms with Crippen molar-refractivity contribution in [2.75, 3.05) is 0 Å². The third-order valence-corrected chi connectivity index (χ3v) is 3.50. The molecule has 0 heterocycles. The van der Waals surface area contributed by atoms with Crippen LogP contribution in [0.3, 0.4) is 0 Å². The first kappa shape index (κ1) is 18.1. The number of aromatic carboxylic acids is 2. The number of rotatable bonds is 5. The summed E-state index contributed by atoms with van der Waals surface area (Å²) < 4.78 is 0. The molecule has 0 aromatic heterocycles. The zero-order valence-corrected chi connectivity index (χ0v) is 12.2. The zero-order valence-electron chi connectivity index (χ0n) is 12.2. The van der Waals surface area contributed by atoms with E-state index in [0.717, 1.165) is 19.3 Å². The van der Waals surface area contributed by atoms with Crippen LogP contribution in [-0.2, 0) is 0 Å². The van der Waals surface area contributed by atoms with E-state index >= 15 is 0 Å². The van der Waals surface area contributed by atoms with Crippen molar-refractivity contribution in [1.82, 2.24) is 0 Å². The summed E-state index contributed by atoms with van der Waals surface area (Å²) >= 11 is 0. The summed E-state index contributed by atoms with van der Waals surface area (Å²) in [6.07, 6.45) is 3.29. The van der Waals surface area contributed by atoms with Crippen LogP contribution < -0.4 is 5.73 Å². The lowest BCUT2D eigenvalue weighted by Gasteiger charge is -2.23. The summed E-state index contributed by atoms with van der Waals surface area (Å²) in [4.78, 5) is 20.9. The first-order valence-corrected chi connectivity index (χ1v) is 6.65. The molecule has 1 aromatic rings. The van der Waals surface area contributed by atoms with E-state index in [-0.39, 0.29) is 16.7 Å². The average Bonchev–Trinajstić information content (AvgIpc) is 2.47. The molecule has 5 heteroatoms. The molecular weight excluding hydrogens is 258 g/mol. The molecule has 0 radical (unpaired) electrons. The smallest absolute Gasteiger partial charge is 0.336 e. The Morgan fingerprint density at radius 1 is 0.950 bits per heavy atom. The number of hydrogen-bond donors (Lipinski definition) is 3. The predicted molar refractivity (Wildman–Crippen MR) is 78.2 cm³/mol. The van der Waals surface area contributed by atoms with Gasteiger partial charge in [-0.15, -0.1) is 0 Å². The number of benzene rings is 1. The Balaban J connectivity index is 0.000000396. The monoisotopic (exact) mass is 281 g/mol. The minimum absolute atomic E-state index is 0.125. The number of hydrogen-bond acceptors (Lipinski definition) is 3. The van der Waals surface area contributed by atoms with Crippen molar-refractivity contribution in [3.8, 4) is 0 Å². The van der Waals surface area contributed by atoms with E-state index in [2.05, 4.69) is 20.8 Å². The first-order valence-electron chi connectivity index (χ1n) is 6.65. The molecule has 0 spiro atoms. The van der Waals surface area contributed by atoms with Crippen molar-refractivity contribution in [3.05, 3.63) is 35.4 Å². The van der Waals surface area contributed by atoms with Gasteiger partial charge in [-0.1, -0.05) is 32.9 Å². The molecule has 0 fully saturated rings. The van der Waals surface area contributed by atoms with Gasteiger partial charge in [0, 0.05) is 5.54 Å². The van der Waals surface area contributed by atoms with Gasteiger partial charge in [0.25, 0.3) is 0 Å². The Hall–Kier alpha value is -1.88. The molecule has 5 nitrogen and oxygen atoms in total. The van der Waals surface area contributed by atoms with Gasteiger partial charge in [0.05, 0.1) is 11.1 Å². The van der Waals surface area contributed by atoms with E-state index in [1.807, 2.05) is 0 Å². The molecule has 0 aliphatic carbocycles. The van der Waals surface area contributed by atoms with Gasteiger partial charge in [0.15, 0.2) is 0 Å². The lowest BCUT2D eigenvalue weighted by molar-refractivity contribution is 0.0651. The van der Waals surface area contributed by atoms with E-state index in [1.165, 1.54) is 24.3 Å². The molecular formula is C15H23NO4. The van der Waals surface area contributed by atoms with Crippen LogP contribution in [0.2, 0.25) is 0 Å². The predicted octanol–water partition coefficient (Wildman–Crippen LogP) is 3.00. The molecule has 0 saturated heterocycles. The van der Waals surface area contributed by atoms with Gasteiger partial charge in [-0.05, 0) is 31.4 Å². The highest BCUT2D eigenvalue weighted by Crippen LogP contribution is 2.14. The fourth-order valence-corrected chi connectivity index (χ4v) is 1.61. The van der Waals surface area contributed by atoms with Crippen LogP contribution in [0.1, 0.15) is 60.7 Å². The van der Waals surface area contributed by atoms with E-state index in [0.29, 0.717) is 0 Å². The third kappa shape index (κ3) is 5.40. The van der Waals surface area contributed by atoms with Crippen molar-refractivity contribution >= 4 is 11.9 Å². The van der Waals surface area contributed by atoms with Crippen LogP contribution in [0.15, 0.2) is 24.3 Å². The minimum atomic E-state index is -1.23. The fourth-order valence-electron chi connectivity index (χ4n) is 1.61. The molecule has 0 amide bonds. The number of carboxylic acid groups (broad SMARTS) is 2. The Bertz CT molecular complexity index is 412. The van der Waals surface area contributed by atoms with Gasteiger partial charge >= 0.3 is 11.9 Å². The quantitative estimate of drug-likeness (QED) is 0.770. The van der Waals surface area contributed by atoms with Gasteiger partial charge in [-0.25, -0.2) is 9.59 Å². The normalized spacial score (nSPS) is 10.4. The van der Waals surface area contributed by atoms with Crippen molar-refractivity contribution in [2.24, 2.45) is 5.73 Å². The summed E-state index contributed by atoms with van der Waals surface area (Å²) in [7, 11) is 0. The highest BCUT2D eigenvalue weighted by Gasteiger charge is 2.15. The molecule has 0 bridgehead atoms. The van der Waals surface area contributed by atoms with Crippen LogP contribution in [0.4, 0.5) is 0 Å². The maximum absolute atomic E-state index is 10.5. The van der Waals surface area contributed by atoms with Gasteiger partial charge in [-0.2, -0.15) is 0 Å². The van der Waals surface area contributed by atoms with Crippen LogP contribution in [-0.4, -0.2) is 27.7 Å². The summed E-state index contributed by atoms with van der Waals surface area (Å²) in [5.41, 5.74) is 5.64. The van der Waals surface area contributed by atoms with Gasteiger partial charge in [-0.3, -0.25) is 0 Å². The lowest BCUT2D eigenvalue weighted by Crippen LogP contribution is -2.37. The Kier molecular flexibility index (Phi) is 7.54. The summed E-state index contributed by atoms with van der Waals surface area (Å²) in [5.74, 6) is -2.46. The minimum Gasteiger partial charge on any atom is -0.478 e. The maximum atomic E-state index is 10.5. The van der Waals surface area contributed by atoms with Gasteiger partial charge < -0.3 is 15.9 Å². The Morgan fingerprint density at radius 2 is 1.25 bits per heavy atom. The van der Waals surface area contributed by atoms with Crippen LogP contribution in [0, 0.1) is 0 Å². The molecule has 0 atom stereocenters. The molecule has 1 rings (SSSR count). The van der Waals surface area contributed by atoms with Crippen LogP contribution in [0.5, 0.6) is 0 Å². The highest BCUT2D eigenvalue weighted by atomic mass is 16.4. The molecule has 0 aliphatic rings. The molecule has 20 heavy (non-hydrogen) atoms. The molecule has 0 unspecified atom stereocenters. The van der Waals surface area contributed by atoms with E-state index < -0.39 is 11.9 Å². The van der Waals surface area contributed by atoms with Crippen molar-refractivity contribution < 1.29 is 19.8 Å². The number of carboxylic acids is 2. The maximum Gasteiger partial charge on any atom is 0.336 e. The van der Waals surface area contributed by atoms with Gasteiger partial charge in [0.2, 0.25) is 0 Å². The molecule has 4 N–H and O–H groups in total. The van der Waals surface area contributed by atoms with Crippen molar-refractivity contribution in [3.63, 3.8) is 0 Å². The Morgan fingerprint density at radius 3 is 1.40 bits per heavy atom. The summed E-state index contributed by atoms with van der Waals surface area (Å²) in [6.45, 7) is 6.44. The first-order chi connectivity index (χ1) is 9.31. The average molecular weight is 281 g/mol. The standard InChI is InChI=1S/C8H6O4.C7H17N/c9-7(10)5-3-1-2-4-6(5)8(11)12;1-4-7(8,5-2)6-3/h1-4H,(H,9,10)(H,11,12);4-6,8H2,1-3H3. The van der Waals surface area contributed by atoms with Crippen LogP contribution in [0.25, 0.3) is 0 Å². The molecule has 112 valence electrons. The topological polar surface area (TPSA) is 101 Å². The second kappa shape index (κ2) is 8.32. The fraction of sp³-hybridized carbons (Fsp3) is 0.467. The van der Waals surface area contributed by atoms with E-state index in [1.54, 1.807) is 0 Å². The molecule has 0 aliphatic heterocycles. The summed E-state index contributed by atoms with van der Waals surface area (Å²) in [5, 5.41) is 17.1.